The van der Waals surface area contributed by atoms with Crippen molar-refractivity contribution in [1.29, 1.82) is 0 Å². The van der Waals surface area contributed by atoms with Crippen molar-refractivity contribution < 1.29 is 8.42 Å². The maximum absolute atomic E-state index is 12.2. The SMILES string of the molecule is CC(C)(C)CCNS(=O)(=O)c1ccc2c(c1)CCN2. The molecule has 1 heterocycles. The van der Waals surface area contributed by atoms with Crippen molar-refractivity contribution >= 4 is 15.7 Å². The van der Waals surface area contributed by atoms with E-state index in [1.165, 1.54) is 0 Å². The molecule has 19 heavy (non-hydrogen) atoms. The van der Waals surface area contributed by atoms with Gasteiger partial charge in [-0.05, 0) is 42.0 Å². The van der Waals surface area contributed by atoms with E-state index in [9.17, 15) is 8.42 Å². The lowest BCUT2D eigenvalue weighted by Gasteiger charge is -2.18. The number of nitrogens with one attached hydrogen (secondary N) is 2. The Morgan fingerprint density at radius 1 is 1.32 bits per heavy atom. The average Bonchev–Trinajstić information content (AvgIpc) is 2.73. The summed E-state index contributed by atoms with van der Waals surface area (Å²) in [7, 11) is -3.38. The standard InChI is InChI=1S/C14H22N2O2S/c1-14(2,3)7-9-16-19(17,18)12-4-5-13-11(10-12)6-8-15-13/h4-5,10,15-16H,6-9H2,1-3H3. The first kappa shape index (κ1) is 14.3. The molecule has 5 heteroatoms. The van der Waals surface area contributed by atoms with Crippen LogP contribution in [0.5, 0.6) is 0 Å². The first-order chi connectivity index (χ1) is 8.78. The molecule has 1 aliphatic heterocycles. The molecule has 2 rings (SSSR count). The molecule has 2 N–H and O–H groups in total. The fraction of sp³-hybridized carbons (Fsp3) is 0.571. The number of benzene rings is 1. The number of rotatable bonds is 4. The number of anilines is 1. The Kier molecular flexibility index (Phi) is 3.87. The highest BCUT2D eigenvalue weighted by atomic mass is 32.2. The molecule has 0 amide bonds. The second-order valence-electron chi connectivity index (χ2n) is 6.20. The minimum Gasteiger partial charge on any atom is -0.384 e. The van der Waals surface area contributed by atoms with Crippen LogP contribution in [-0.4, -0.2) is 21.5 Å². The molecule has 1 aromatic carbocycles. The van der Waals surface area contributed by atoms with Crippen LogP contribution in [0.25, 0.3) is 0 Å². The van der Waals surface area contributed by atoms with Crippen LogP contribution < -0.4 is 10.0 Å². The van der Waals surface area contributed by atoms with Gasteiger partial charge in [0.25, 0.3) is 0 Å². The van der Waals surface area contributed by atoms with E-state index in [-0.39, 0.29) is 5.41 Å². The molecule has 0 spiro atoms. The lowest BCUT2D eigenvalue weighted by Crippen LogP contribution is -2.27. The second-order valence-corrected chi connectivity index (χ2v) is 7.97. The monoisotopic (exact) mass is 282 g/mol. The maximum atomic E-state index is 12.2. The van der Waals surface area contributed by atoms with Gasteiger partial charge in [0.15, 0.2) is 0 Å². The smallest absolute Gasteiger partial charge is 0.240 e. The molecule has 0 bridgehead atoms. The third-order valence-corrected chi connectivity index (χ3v) is 4.72. The van der Waals surface area contributed by atoms with E-state index in [1.807, 2.05) is 6.07 Å². The second kappa shape index (κ2) is 5.13. The van der Waals surface area contributed by atoms with Crippen LogP contribution in [0.1, 0.15) is 32.8 Å². The van der Waals surface area contributed by atoms with Gasteiger partial charge < -0.3 is 5.32 Å². The maximum Gasteiger partial charge on any atom is 0.240 e. The highest BCUT2D eigenvalue weighted by molar-refractivity contribution is 7.89. The molecule has 0 fully saturated rings. The third kappa shape index (κ3) is 3.70. The van der Waals surface area contributed by atoms with E-state index >= 15 is 0 Å². The fourth-order valence-electron chi connectivity index (χ4n) is 2.09. The Labute approximate surface area is 115 Å². The highest BCUT2D eigenvalue weighted by Gasteiger charge is 2.19. The van der Waals surface area contributed by atoms with Crippen molar-refractivity contribution in [2.45, 2.75) is 38.5 Å². The Balaban J connectivity index is 2.07. The van der Waals surface area contributed by atoms with Crippen LogP contribution in [0.3, 0.4) is 0 Å². The van der Waals surface area contributed by atoms with Crippen molar-refractivity contribution in [3.8, 4) is 0 Å². The molecule has 106 valence electrons. The molecule has 0 radical (unpaired) electrons. The van der Waals surface area contributed by atoms with E-state index in [1.54, 1.807) is 12.1 Å². The third-order valence-electron chi connectivity index (χ3n) is 3.26. The molecular weight excluding hydrogens is 260 g/mol. The number of hydrogen-bond acceptors (Lipinski definition) is 3. The Bertz CT molecular complexity index is 559. The summed E-state index contributed by atoms with van der Waals surface area (Å²) in [6, 6.07) is 5.28. The van der Waals surface area contributed by atoms with Gasteiger partial charge in [0, 0.05) is 18.8 Å². The Morgan fingerprint density at radius 2 is 2.05 bits per heavy atom. The van der Waals surface area contributed by atoms with E-state index < -0.39 is 10.0 Å². The molecule has 0 saturated heterocycles. The first-order valence-electron chi connectivity index (χ1n) is 6.64. The Hall–Kier alpha value is -1.07. The Morgan fingerprint density at radius 3 is 2.74 bits per heavy atom. The van der Waals surface area contributed by atoms with Crippen LogP contribution in [0.15, 0.2) is 23.1 Å². The van der Waals surface area contributed by atoms with Crippen LogP contribution in [-0.2, 0) is 16.4 Å². The summed E-state index contributed by atoms with van der Waals surface area (Å²) in [5.41, 5.74) is 2.26. The van der Waals surface area contributed by atoms with E-state index in [0.717, 1.165) is 30.6 Å². The average molecular weight is 282 g/mol. The lowest BCUT2D eigenvalue weighted by atomic mass is 9.93. The lowest BCUT2D eigenvalue weighted by molar-refractivity contribution is 0.378. The zero-order valence-corrected chi connectivity index (χ0v) is 12.6. The van der Waals surface area contributed by atoms with Gasteiger partial charge in [-0.25, -0.2) is 13.1 Å². The summed E-state index contributed by atoms with van der Waals surface area (Å²) in [5.74, 6) is 0. The van der Waals surface area contributed by atoms with Gasteiger partial charge in [-0.2, -0.15) is 0 Å². The van der Waals surface area contributed by atoms with Gasteiger partial charge in [-0.15, -0.1) is 0 Å². The molecule has 0 aromatic heterocycles. The number of sulfonamides is 1. The number of hydrogen-bond donors (Lipinski definition) is 2. The van der Waals surface area contributed by atoms with Gasteiger partial charge >= 0.3 is 0 Å². The first-order valence-corrected chi connectivity index (χ1v) is 8.13. The quantitative estimate of drug-likeness (QED) is 0.891. The summed E-state index contributed by atoms with van der Waals surface area (Å²) in [4.78, 5) is 0.365. The van der Waals surface area contributed by atoms with Crippen LogP contribution in [0.4, 0.5) is 5.69 Å². The predicted molar refractivity (Wildman–Crippen MR) is 77.9 cm³/mol. The highest BCUT2D eigenvalue weighted by Crippen LogP contribution is 2.25. The molecule has 0 saturated carbocycles. The van der Waals surface area contributed by atoms with Crippen molar-refractivity contribution in [1.82, 2.24) is 4.72 Å². The van der Waals surface area contributed by atoms with Crippen molar-refractivity contribution in [3.63, 3.8) is 0 Å². The van der Waals surface area contributed by atoms with Crippen LogP contribution in [0, 0.1) is 5.41 Å². The fourth-order valence-corrected chi connectivity index (χ4v) is 3.17. The predicted octanol–water partition coefficient (Wildman–Crippen LogP) is 2.37. The van der Waals surface area contributed by atoms with Crippen LogP contribution in [0.2, 0.25) is 0 Å². The van der Waals surface area contributed by atoms with Crippen molar-refractivity contribution in [2.75, 3.05) is 18.4 Å². The minimum atomic E-state index is -3.38. The summed E-state index contributed by atoms with van der Waals surface area (Å²) < 4.78 is 27.0. The van der Waals surface area contributed by atoms with E-state index in [0.29, 0.717) is 11.4 Å². The van der Waals surface area contributed by atoms with Crippen molar-refractivity contribution in [3.05, 3.63) is 23.8 Å². The summed E-state index contributed by atoms with van der Waals surface area (Å²) >= 11 is 0. The van der Waals surface area contributed by atoms with Crippen molar-refractivity contribution in [2.24, 2.45) is 5.41 Å². The van der Waals surface area contributed by atoms with Gasteiger partial charge in [0.05, 0.1) is 4.90 Å². The van der Waals surface area contributed by atoms with Gasteiger partial charge in [-0.1, -0.05) is 20.8 Å². The molecule has 1 aliphatic rings. The largest absolute Gasteiger partial charge is 0.384 e. The van der Waals surface area contributed by atoms with Gasteiger partial charge in [0.2, 0.25) is 10.0 Å². The van der Waals surface area contributed by atoms with E-state index in [4.69, 9.17) is 0 Å². The van der Waals surface area contributed by atoms with Gasteiger partial charge in [-0.3, -0.25) is 0 Å². The molecule has 0 atom stereocenters. The summed E-state index contributed by atoms with van der Waals surface area (Å²) in [6.07, 6.45) is 1.71. The topological polar surface area (TPSA) is 58.2 Å². The number of fused-ring (bicyclic) bond motifs is 1. The van der Waals surface area contributed by atoms with E-state index in [2.05, 4.69) is 30.8 Å². The normalized spacial score (nSPS) is 15.1. The van der Waals surface area contributed by atoms with Gasteiger partial charge in [0.1, 0.15) is 0 Å². The molecular formula is C14H22N2O2S. The molecule has 0 aliphatic carbocycles. The minimum absolute atomic E-state index is 0.129. The molecule has 4 nitrogen and oxygen atoms in total. The van der Waals surface area contributed by atoms with Crippen LogP contribution >= 0.6 is 0 Å². The summed E-state index contributed by atoms with van der Waals surface area (Å²) in [5, 5.41) is 3.23. The molecule has 0 unspecified atom stereocenters. The zero-order chi connectivity index (χ0) is 14.1. The summed E-state index contributed by atoms with van der Waals surface area (Å²) in [6.45, 7) is 7.66. The zero-order valence-electron chi connectivity index (χ0n) is 11.8. The molecule has 1 aromatic rings.